The number of amides is 1. The quantitative estimate of drug-likeness (QED) is 0.748. The van der Waals surface area contributed by atoms with Crippen molar-refractivity contribution in [3.63, 3.8) is 0 Å². The molecule has 1 amide bonds. The van der Waals surface area contributed by atoms with Crippen LogP contribution in [0.4, 0.5) is 10.1 Å². The largest absolute Gasteiger partial charge is 0.383 e. The summed E-state index contributed by atoms with van der Waals surface area (Å²) in [5.41, 5.74) is -0.201. The molecule has 9 heteroatoms. The first-order chi connectivity index (χ1) is 12.2. The molecule has 0 radical (unpaired) electrons. The molecule has 2 rings (SSSR count). The summed E-state index contributed by atoms with van der Waals surface area (Å²) in [6.07, 6.45) is 0. The van der Waals surface area contributed by atoms with E-state index in [1.54, 1.807) is 6.92 Å². The van der Waals surface area contributed by atoms with Gasteiger partial charge in [-0.05, 0) is 37.3 Å². The summed E-state index contributed by atoms with van der Waals surface area (Å²) in [6.45, 7) is 2.02. The zero-order chi connectivity index (χ0) is 19.3. The molecule has 2 N–H and O–H groups in total. The number of hydrogen-bond acceptors (Lipinski definition) is 4. The van der Waals surface area contributed by atoms with Gasteiger partial charge in [0.25, 0.3) is 15.9 Å². The van der Waals surface area contributed by atoms with Crippen molar-refractivity contribution >= 4 is 33.2 Å². The van der Waals surface area contributed by atoms with Crippen LogP contribution in [0.5, 0.6) is 0 Å². The molecule has 0 fully saturated rings. The molecule has 1 atom stereocenters. The summed E-state index contributed by atoms with van der Waals surface area (Å²) in [4.78, 5) is 12.1. The summed E-state index contributed by atoms with van der Waals surface area (Å²) < 4.78 is 45.8. The lowest BCUT2D eigenvalue weighted by Gasteiger charge is -2.14. The van der Waals surface area contributed by atoms with Crippen molar-refractivity contribution in [2.45, 2.75) is 17.9 Å². The monoisotopic (exact) mass is 400 g/mol. The van der Waals surface area contributed by atoms with Crippen molar-refractivity contribution in [1.29, 1.82) is 0 Å². The van der Waals surface area contributed by atoms with Crippen molar-refractivity contribution < 1.29 is 22.3 Å². The van der Waals surface area contributed by atoms with Crippen LogP contribution in [0.2, 0.25) is 5.02 Å². The van der Waals surface area contributed by atoms with Gasteiger partial charge in [0.1, 0.15) is 5.82 Å². The Morgan fingerprint density at radius 2 is 1.96 bits per heavy atom. The van der Waals surface area contributed by atoms with Gasteiger partial charge in [-0.15, -0.1) is 0 Å². The Morgan fingerprint density at radius 3 is 2.62 bits per heavy atom. The lowest BCUT2D eigenvalue weighted by Crippen LogP contribution is -2.35. The number of benzene rings is 2. The van der Waals surface area contributed by atoms with E-state index < -0.39 is 21.7 Å². The van der Waals surface area contributed by atoms with Gasteiger partial charge >= 0.3 is 0 Å². The molecule has 0 spiro atoms. The summed E-state index contributed by atoms with van der Waals surface area (Å²) >= 11 is 6.02. The fourth-order valence-electron chi connectivity index (χ4n) is 2.19. The highest BCUT2D eigenvalue weighted by Gasteiger charge is 2.20. The number of para-hydroxylation sites is 1. The normalized spacial score (nSPS) is 12.5. The number of carbonyl (C=O) groups is 1. The minimum atomic E-state index is -4.10. The molecule has 0 saturated carbocycles. The number of ether oxygens (including phenoxy) is 1. The molecular formula is C17H18ClFN2O4S. The number of halogens is 2. The Balaban J connectivity index is 2.30. The summed E-state index contributed by atoms with van der Waals surface area (Å²) in [5, 5.41) is 2.75. The molecule has 0 aliphatic carbocycles. The highest BCUT2D eigenvalue weighted by atomic mass is 35.5. The third kappa shape index (κ3) is 4.94. The molecule has 6 nitrogen and oxygen atoms in total. The van der Waals surface area contributed by atoms with E-state index >= 15 is 0 Å². The van der Waals surface area contributed by atoms with Crippen molar-refractivity contribution in [1.82, 2.24) is 5.32 Å². The molecule has 0 aliphatic rings. The van der Waals surface area contributed by atoms with Crippen LogP contribution in [-0.4, -0.2) is 34.1 Å². The zero-order valence-electron chi connectivity index (χ0n) is 14.1. The molecular weight excluding hydrogens is 383 g/mol. The Hall–Kier alpha value is -2.16. The maximum absolute atomic E-state index is 13.7. The van der Waals surface area contributed by atoms with Gasteiger partial charge < -0.3 is 10.1 Å². The summed E-state index contributed by atoms with van der Waals surface area (Å²) in [7, 11) is -2.60. The smallest absolute Gasteiger partial charge is 0.262 e. The molecule has 140 valence electrons. The number of carbonyl (C=O) groups excluding carboxylic acids is 1. The molecule has 2 aromatic carbocycles. The van der Waals surface area contributed by atoms with Gasteiger partial charge in [-0.25, -0.2) is 12.8 Å². The third-order valence-electron chi connectivity index (χ3n) is 3.41. The highest BCUT2D eigenvalue weighted by Crippen LogP contribution is 2.23. The molecule has 0 aliphatic heterocycles. The fourth-order valence-corrected chi connectivity index (χ4v) is 3.48. The first-order valence-electron chi connectivity index (χ1n) is 7.61. The molecule has 0 heterocycles. The van der Waals surface area contributed by atoms with E-state index in [1.165, 1.54) is 37.4 Å². The lowest BCUT2D eigenvalue weighted by atomic mass is 10.2. The lowest BCUT2D eigenvalue weighted by molar-refractivity contribution is 0.0905. The summed E-state index contributed by atoms with van der Waals surface area (Å²) in [6, 6.07) is 8.76. The van der Waals surface area contributed by atoms with Crippen molar-refractivity contribution in [3.8, 4) is 0 Å². The van der Waals surface area contributed by atoms with E-state index in [0.717, 1.165) is 12.1 Å². The Morgan fingerprint density at radius 1 is 1.27 bits per heavy atom. The first kappa shape index (κ1) is 20.2. The van der Waals surface area contributed by atoms with E-state index in [9.17, 15) is 17.6 Å². The maximum atomic E-state index is 13.7. The molecule has 2 aromatic rings. The second-order valence-electron chi connectivity index (χ2n) is 5.56. The molecule has 0 aromatic heterocycles. The van der Waals surface area contributed by atoms with E-state index in [0.29, 0.717) is 0 Å². The Bertz CT molecular complexity index is 905. The third-order valence-corrected chi connectivity index (χ3v) is 5.10. The van der Waals surface area contributed by atoms with Gasteiger partial charge in [0.15, 0.2) is 0 Å². The van der Waals surface area contributed by atoms with E-state index in [4.69, 9.17) is 16.3 Å². The average molecular weight is 401 g/mol. The van der Waals surface area contributed by atoms with Crippen LogP contribution in [0.15, 0.2) is 47.4 Å². The predicted octanol–water partition coefficient (Wildman–Crippen LogP) is 3.04. The van der Waals surface area contributed by atoms with E-state index in [-0.39, 0.29) is 33.8 Å². The minimum Gasteiger partial charge on any atom is -0.383 e. The second-order valence-corrected chi connectivity index (χ2v) is 7.65. The van der Waals surface area contributed by atoms with Gasteiger partial charge in [-0.3, -0.25) is 9.52 Å². The average Bonchev–Trinajstić information content (AvgIpc) is 2.57. The molecule has 0 saturated heterocycles. The minimum absolute atomic E-state index is 0.00831. The van der Waals surface area contributed by atoms with Crippen molar-refractivity contribution in [2.24, 2.45) is 0 Å². The number of nitrogens with one attached hydrogen (secondary N) is 2. The van der Waals surface area contributed by atoms with Crippen LogP contribution in [0.3, 0.4) is 0 Å². The van der Waals surface area contributed by atoms with Crippen molar-refractivity contribution in [2.75, 3.05) is 18.4 Å². The fraction of sp³-hybridized carbons (Fsp3) is 0.235. The summed E-state index contributed by atoms with van der Waals surface area (Å²) in [5.74, 6) is -1.25. The highest BCUT2D eigenvalue weighted by molar-refractivity contribution is 7.92. The van der Waals surface area contributed by atoms with Crippen molar-refractivity contribution in [3.05, 3.63) is 58.9 Å². The SMILES string of the molecule is COCC(C)NC(=O)c1cc(S(=O)(=O)Nc2ccccc2F)ccc1Cl. The van der Waals surface area contributed by atoms with Crippen LogP contribution < -0.4 is 10.0 Å². The first-order valence-corrected chi connectivity index (χ1v) is 9.47. The van der Waals surface area contributed by atoms with E-state index in [1.807, 2.05) is 0 Å². The standard InChI is InChI=1S/C17H18ClFN2O4S/c1-11(10-25-2)20-17(22)13-9-12(7-8-14(13)18)26(23,24)21-16-6-4-3-5-15(16)19/h3-9,11,21H,10H2,1-2H3,(H,20,22). The van der Waals surface area contributed by atoms with E-state index in [2.05, 4.69) is 10.0 Å². The Kier molecular flexibility index (Phi) is 6.57. The number of sulfonamides is 1. The van der Waals surface area contributed by atoms with Crippen LogP contribution in [0.1, 0.15) is 17.3 Å². The molecule has 1 unspecified atom stereocenters. The Labute approximate surface area is 156 Å². The van der Waals surface area contributed by atoms with Crippen LogP contribution in [-0.2, 0) is 14.8 Å². The van der Waals surface area contributed by atoms with Gasteiger partial charge in [-0.2, -0.15) is 0 Å². The van der Waals surface area contributed by atoms with Gasteiger partial charge in [0, 0.05) is 13.2 Å². The molecule has 0 bridgehead atoms. The predicted molar refractivity (Wildman–Crippen MR) is 97.5 cm³/mol. The van der Waals surface area contributed by atoms with Gasteiger partial charge in [0.05, 0.1) is 27.8 Å². The zero-order valence-corrected chi connectivity index (χ0v) is 15.7. The number of methoxy groups -OCH3 is 1. The number of rotatable bonds is 7. The van der Waals surface area contributed by atoms with Crippen LogP contribution >= 0.6 is 11.6 Å². The topological polar surface area (TPSA) is 84.5 Å². The number of anilines is 1. The van der Waals surface area contributed by atoms with Gasteiger partial charge in [0.2, 0.25) is 0 Å². The van der Waals surface area contributed by atoms with Crippen LogP contribution in [0.25, 0.3) is 0 Å². The second kappa shape index (κ2) is 8.48. The van der Waals surface area contributed by atoms with Crippen LogP contribution in [0, 0.1) is 5.82 Å². The van der Waals surface area contributed by atoms with Gasteiger partial charge in [-0.1, -0.05) is 23.7 Å². The maximum Gasteiger partial charge on any atom is 0.262 e. The number of hydrogen-bond donors (Lipinski definition) is 2. The molecule has 26 heavy (non-hydrogen) atoms.